The fourth-order valence-electron chi connectivity index (χ4n) is 1.36. The van der Waals surface area contributed by atoms with Gasteiger partial charge < -0.3 is 9.94 Å². The van der Waals surface area contributed by atoms with E-state index in [1.165, 1.54) is 6.21 Å². The first-order valence-corrected chi connectivity index (χ1v) is 4.97. The molecule has 5 heteroatoms. The van der Waals surface area contributed by atoms with Gasteiger partial charge in [-0.15, -0.1) is 0 Å². The van der Waals surface area contributed by atoms with Gasteiger partial charge in [0.05, 0.1) is 11.2 Å². The minimum absolute atomic E-state index is 0.289. The van der Waals surface area contributed by atoms with E-state index in [1.807, 2.05) is 0 Å². The highest BCUT2D eigenvalue weighted by Gasteiger charge is 2.17. The van der Waals surface area contributed by atoms with Gasteiger partial charge in [0.1, 0.15) is 12.4 Å². The molecule has 1 aliphatic rings. The molecule has 1 aliphatic heterocycles. The van der Waals surface area contributed by atoms with Crippen molar-refractivity contribution in [1.82, 2.24) is 0 Å². The van der Waals surface area contributed by atoms with Gasteiger partial charge in [0, 0.05) is 16.2 Å². The van der Waals surface area contributed by atoms with Gasteiger partial charge in [0.25, 0.3) is 0 Å². The number of benzene rings is 1. The van der Waals surface area contributed by atoms with Crippen molar-refractivity contribution in [2.24, 2.45) is 5.16 Å². The second kappa shape index (κ2) is 4.13. The van der Waals surface area contributed by atoms with Crippen LogP contribution in [0.15, 0.2) is 28.9 Å². The van der Waals surface area contributed by atoms with E-state index >= 15 is 0 Å². The third-order valence-electron chi connectivity index (χ3n) is 2.06. The fourth-order valence-corrected chi connectivity index (χ4v) is 1.78. The third kappa shape index (κ3) is 1.94. The van der Waals surface area contributed by atoms with Gasteiger partial charge >= 0.3 is 0 Å². The molecule has 0 amide bonds. The topological polar surface area (TPSA) is 41.8 Å². The summed E-state index contributed by atoms with van der Waals surface area (Å²) in [5.74, 6) is 0.680. The minimum atomic E-state index is 0.289. The summed E-state index contributed by atoms with van der Waals surface area (Å²) < 4.78 is 5.41. The van der Waals surface area contributed by atoms with Gasteiger partial charge in [0.15, 0.2) is 0 Å². The lowest BCUT2D eigenvalue weighted by atomic mass is 10.1. The first-order valence-electron chi connectivity index (χ1n) is 4.21. The van der Waals surface area contributed by atoms with E-state index in [0.717, 1.165) is 0 Å². The Hall–Kier alpha value is -1.19. The number of hydrogen-bond donors (Lipinski definition) is 1. The summed E-state index contributed by atoms with van der Waals surface area (Å²) in [6.45, 7) is 0.289. The van der Waals surface area contributed by atoms with Crippen LogP contribution < -0.4 is 4.74 Å². The zero-order valence-corrected chi connectivity index (χ0v) is 9.09. The van der Waals surface area contributed by atoms with Crippen LogP contribution in [0.1, 0.15) is 5.56 Å². The predicted molar refractivity (Wildman–Crippen MR) is 60.0 cm³/mol. The number of halogens is 2. The van der Waals surface area contributed by atoms with Crippen LogP contribution in [-0.4, -0.2) is 18.0 Å². The maximum absolute atomic E-state index is 8.43. The predicted octanol–water partition coefficient (Wildman–Crippen LogP) is 3.14. The number of fused-ring (bicyclic) bond motifs is 1. The highest BCUT2D eigenvalue weighted by molar-refractivity contribution is 6.51. The molecule has 3 nitrogen and oxygen atoms in total. The molecule has 0 aromatic heterocycles. The van der Waals surface area contributed by atoms with Gasteiger partial charge in [-0.2, -0.15) is 0 Å². The van der Waals surface area contributed by atoms with Crippen LogP contribution in [0.3, 0.4) is 0 Å². The summed E-state index contributed by atoms with van der Waals surface area (Å²) in [4.78, 5) is 0. The van der Waals surface area contributed by atoms with E-state index < -0.39 is 0 Å². The van der Waals surface area contributed by atoms with Gasteiger partial charge in [-0.1, -0.05) is 28.4 Å². The zero-order valence-electron chi connectivity index (χ0n) is 7.58. The summed E-state index contributed by atoms with van der Waals surface area (Å²) in [5.41, 5.74) is 1.33. The van der Waals surface area contributed by atoms with Crippen molar-refractivity contribution < 1.29 is 9.94 Å². The molecule has 1 heterocycles. The van der Waals surface area contributed by atoms with Crippen LogP contribution in [0.4, 0.5) is 0 Å². The van der Waals surface area contributed by atoms with Crippen molar-refractivity contribution in [3.63, 3.8) is 0 Å². The molecule has 0 aliphatic carbocycles. The molecule has 0 saturated heterocycles. The normalized spacial score (nSPS) is 15.3. The summed E-state index contributed by atoms with van der Waals surface area (Å²) in [7, 11) is 0. The average Bonchev–Trinajstić information content (AvgIpc) is 2.23. The van der Waals surface area contributed by atoms with E-state index in [1.54, 1.807) is 18.2 Å². The van der Waals surface area contributed by atoms with Crippen molar-refractivity contribution in [3.05, 3.63) is 34.4 Å². The highest BCUT2D eigenvalue weighted by atomic mass is 35.5. The molecule has 1 aromatic carbocycles. The number of ether oxygens (including phenoxy) is 1. The summed E-state index contributed by atoms with van der Waals surface area (Å²) in [5, 5.41) is 12.4. The van der Waals surface area contributed by atoms with Crippen LogP contribution in [0.5, 0.6) is 5.75 Å². The number of oxime groups is 1. The van der Waals surface area contributed by atoms with Crippen molar-refractivity contribution in [3.8, 4) is 5.75 Å². The van der Waals surface area contributed by atoms with E-state index in [4.69, 9.17) is 33.1 Å². The Morgan fingerprint density at radius 1 is 1.40 bits per heavy atom. The number of hydrogen-bond acceptors (Lipinski definition) is 3. The Morgan fingerprint density at radius 2 is 2.20 bits per heavy atom. The molecule has 15 heavy (non-hydrogen) atoms. The molecular weight excluding hydrogens is 237 g/mol. The van der Waals surface area contributed by atoms with Gasteiger partial charge in [-0.25, -0.2) is 0 Å². The Morgan fingerprint density at radius 3 is 2.93 bits per heavy atom. The van der Waals surface area contributed by atoms with E-state index in [9.17, 15) is 0 Å². The van der Waals surface area contributed by atoms with E-state index in [-0.39, 0.29) is 6.61 Å². The lowest BCUT2D eigenvalue weighted by Gasteiger charge is -2.18. The monoisotopic (exact) mass is 243 g/mol. The third-order valence-corrected chi connectivity index (χ3v) is 2.74. The molecule has 0 radical (unpaired) electrons. The maximum Gasteiger partial charge on any atom is 0.128 e. The molecule has 0 atom stereocenters. The molecule has 2 rings (SSSR count). The van der Waals surface area contributed by atoms with Gasteiger partial charge in [0.2, 0.25) is 0 Å². The average molecular weight is 244 g/mol. The van der Waals surface area contributed by atoms with Crippen LogP contribution in [-0.2, 0) is 0 Å². The SMILES string of the molecule is ON=CC1=C(Cl)c2cc(Cl)ccc2OC1. The quantitative estimate of drug-likeness (QED) is 0.468. The molecule has 0 unspecified atom stereocenters. The maximum atomic E-state index is 8.43. The summed E-state index contributed by atoms with van der Waals surface area (Å²) in [6, 6.07) is 5.20. The minimum Gasteiger partial charge on any atom is -0.488 e. The van der Waals surface area contributed by atoms with Crippen molar-refractivity contribution in [2.45, 2.75) is 0 Å². The molecule has 0 fully saturated rings. The second-order valence-electron chi connectivity index (χ2n) is 3.01. The molecule has 0 spiro atoms. The summed E-state index contributed by atoms with van der Waals surface area (Å²) >= 11 is 11.9. The fraction of sp³-hybridized carbons (Fsp3) is 0.100. The Balaban J connectivity index is 2.54. The van der Waals surface area contributed by atoms with Crippen molar-refractivity contribution in [2.75, 3.05) is 6.61 Å². The van der Waals surface area contributed by atoms with Crippen molar-refractivity contribution >= 4 is 34.4 Å². The lowest BCUT2D eigenvalue weighted by molar-refractivity contribution is 0.319. The first kappa shape index (κ1) is 10.3. The van der Waals surface area contributed by atoms with Gasteiger partial charge in [-0.05, 0) is 18.2 Å². The van der Waals surface area contributed by atoms with Crippen LogP contribution in [0, 0.1) is 0 Å². The number of rotatable bonds is 1. The molecule has 1 aromatic rings. The molecule has 0 bridgehead atoms. The van der Waals surface area contributed by atoms with E-state index in [2.05, 4.69) is 5.16 Å². The molecule has 0 saturated carbocycles. The van der Waals surface area contributed by atoms with E-state index in [0.29, 0.717) is 26.9 Å². The largest absolute Gasteiger partial charge is 0.488 e. The lowest BCUT2D eigenvalue weighted by Crippen LogP contribution is -2.10. The number of nitrogens with zero attached hydrogens (tertiary/aromatic N) is 1. The smallest absolute Gasteiger partial charge is 0.128 e. The summed E-state index contributed by atoms with van der Waals surface area (Å²) in [6.07, 6.45) is 1.26. The Bertz CT molecular complexity index is 455. The van der Waals surface area contributed by atoms with Crippen LogP contribution in [0.25, 0.3) is 5.03 Å². The Labute approximate surface area is 96.6 Å². The zero-order chi connectivity index (χ0) is 10.8. The molecule has 1 N–H and O–H groups in total. The second-order valence-corrected chi connectivity index (χ2v) is 3.83. The van der Waals surface area contributed by atoms with Crippen molar-refractivity contribution in [1.29, 1.82) is 0 Å². The molecular formula is C10H7Cl2NO2. The van der Waals surface area contributed by atoms with Crippen LogP contribution in [0.2, 0.25) is 5.02 Å². The van der Waals surface area contributed by atoms with Crippen LogP contribution >= 0.6 is 23.2 Å². The van der Waals surface area contributed by atoms with Gasteiger partial charge in [-0.3, -0.25) is 0 Å². The standard InChI is InChI=1S/C10H7Cl2NO2/c11-7-1-2-9-8(3-7)10(12)6(4-13-14)5-15-9/h1-4,14H,5H2. The highest BCUT2D eigenvalue weighted by Crippen LogP contribution is 2.36. The molecule has 78 valence electrons. The first-order chi connectivity index (χ1) is 7.22. The Kier molecular flexibility index (Phi) is 2.84.